The van der Waals surface area contributed by atoms with E-state index in [-0.39, 0.29) is 5.91 Å². The summed E-state index contributed by atoms with van der Waals surface area (Å²) in [5.41, 5.74) is 3.38. The lowest BCUT2D eigenvalue weighted by molar-refractivity contribution is -0.918. The highest BCUT2D eigenvalue weighted by atomic mass is 16.5. The molecular formula is C23H29N2O2+. The van der Waals surface area contributed by atoms with Gasteiger partial charge in [-0.2, -0.15) is 0 Å². The molecule has 0 aromatic heterocycles. The second kappa shape index (κ2) is 9.93. The average Bonchev–Trinajstić information content (AvgIpc) is 2.72. The fourth-order valence-electron chi connectivity index (χ4n) is 3.51. The molecule has 3 rings (SSSR count). The van der Waals surface area contributed by atoms with Crippen LogP contribution in [-0.4, -0.2) is 26.1 Å². The Bertz CT molecular complexity index is 762. The number of hydrogen-bond donors (Lipinski definition) is 2. The Balaban J connectivity index is 1.47. The molecule has 0 atom stereocenters. The van der Waals surface area contributed by atoms with Gasteiger partial charge in [-0.25, -0.2) is 0 Å². The third-order valence-corrected chi connectivity index (χ3v) is 5.06. The third-order valence-electron chi connectivity index (χ3n) is 5.06. The summed E-state index contributed by atoms with van der Waals surface area (Å²) in [6.45, 7) is 4.22. The van der Waals surface area contributed by atoms with E-state index in [1.807, 2.05) is 24.3 Å². The largest absolute Gasteiger partial charge is 0.496 e. The summed E-state index contributed by atoms with van der Waals surface area (Å²) >= 11 is 0. The van der Waals surface area contributed by atoms with E-state index in [9.17, 15) is 4.79 Å². The van der Waals surface area contributed by atoms with Crippen LogP contribution in [0.25, 0.3) is 6.08 Å². The van der Waals surface area contributed by atoms with Crippen LogP contribution in [0.5, 0.6) is 5.75 Å². The van der Waals surface area contributed by atoms with Crippen molar-refractivity contribution in [2.24, 2.45) is 0 Å². The standard InChI is InChI=1S/C23H28N2O2/c1-27-22-8-4-3-7-21(22)13-14-23(26)24-17-19-9-11-20(12-10-19)18-25-15-5-2-6-16-25/h3-4,7-14H,2,5-6,15-18H2,1H3,(H,24,26)/p+1/b14-13+. The molecule has 142 valence electrons. The fourth-order valence-corrected chi connectivity index (χ4v) is 3.51. The molecule has 0 unspecified atom stereocenters. The van der Waals surface area contributed by atoms with Crippen LogP contribution >= 0.6 is 0 Å². The Hall–Kier alpha value is -2.59. The molecule has 1 heterocycles. The number of amides is 1. The molecule has 1 aliphatic rings. The van der Waals surface area contributed by atoms with Crippen molar-refractivity contribution in [1.82, 2.24) is 5.32 Å². The zero-order valence-electron chi connectivity index (χ0n) is 16.0. The van der Waals surface area contributed by atoms with Crippen molar-refractivity contribution in [2.45, 2.75) is 32.4 Å². The summed E-state index contributed by atoms with van der Waals surface area (Å²) in [6.07, 6.45) is 7.40. The van der Waals surface area contributed by atoms with Crippen LogP contribution in [0.2, 0.25) is 0 Å². The summed E-state index contributed by atoms with van der Waals surface area (Å²) in [5.74, 6) is 0.649. The van der Waals surface area contributed by atoms with Crippen molar-refractivity contribution >= 4 is 12.0 Å². The van der Waals surface area contributed by atoms with Crippen LogP contribution < -0.4 is 15.0 Å². The molecule has 27 heavy (non-hydrogen) atoms. The Morgan fingerprint density at radius 2 is 1.74 bits per heavy atom. The minimum atomic E-state index is -0.109. The van der Waals surface area contributed by atoms with Gasteiger partial charge in [0, 0.05) is 23.7 Å². The molecule has 1 amide bonds. The number of likely N-dealkylation sites (tertiary alicyclic amines) is 1. The zero-order valence-corrected chi connectivity index (χ0v) is 16.0. The molecule has 4 heteroatoms. The van der Waals surface area contributed by atoms with Gasteiger partial charge in [0.25, 0.3) is 0 Å². The maximum atomic E-state index is 12.1. The van der Waals surface area contributed by atoms with Gasteiger partial charge in [-0.3, -0.25) is 4.79 Å². The number of rotatable bonds is 7. The van der Waals surface area contributed by atoms with Gasteiger partial charge in [-0.05, 0) is 37.0 Å². The number of carbonyl (C=O) groups excluding carboxylic acids is 1. The number of hydrogen-bond acceptors (Lipinski definition) is 2. The molecule has 1 saturated heterocycles. The van der Waals surface area contributed by atoms with Crippen LogP contribution in [0.3, 0.4) is 0 Å². The maximum absolute atomic E-state index is 12.1. The Kier molecular flexibility index (Phi) is 7.05. The van der Waals surface area contributed by atoms with Crippen LogP contribution in [0.15, 0.2) is 54.6 Å². The number of ether oxygens (including phenoxy) is 1. The summed E-state index contributed by atoms with van der Waals surface area (Å²) < 4.78 is 5.29. The van der Waals surface area contributed by atoms with E-state index in [0.717, 1.165) is 23.4 Å². The molecule has 0 saturated carbocycles. The Morgan fingerprint density at radius 3 is 2.48 bits per heavy atom. The van der Waals surface area contributed by atoms with E-state index in [0.29, 0.717) is 6.54 Å². The van der Waals surface area contributed by atoms with Crippen molar-refractivity contribution in [3.63, 3.8) is 0 Å². The number of piperidine rings is 1. The first kappa shape index (κ1) is 19.2. The molecule has 2 N–H and O–H groups in total. The summed E-state index contributed by atoms with van der Waals surface area (Å²) in [6, 6.07) is 16.2. The molecule has 0 aliphatic carbocycles. The lowest BCUT2D eigenvalue weighted by Gasteiger charge is -2.23. The molecule has 1 aliphatic heterocycles. The molecule has 1 fully saturated rings. The predicted octanol–water partition coefficient (Wildman–Crippen LogP) is 2.59. The topological polar surface area (TPSA) is 42.8 Å². The van der Waals surface area contributed by atoms with Crippen LogP contribution in [0.4, 0.5) is 0 Å². The highest BCUT2D eigenvalue weighted by Gasteiger charge is 2.13. The maximum Gasteiger partial charge on any atom is 0.244 e. The van der Waals surface area contributed by atoms with Crippen molar-refractivity contribution in [2.75, 3.05) is 20.2 Å². The number of methoxy groups -OCH3 is 1. The van der Waals surface area contributed by atoms with Crippen molar-refractivity contribution < 1.29 is 14.4 Å². The first-order chi connectivity index (χ1) is 13.2. The van der Waals surface area contributed by atoms with E-state index < -0.39 is 0 Å². The minimum absolute atomic E-state index is 0.109. The summed E-state index contributed by atoms with van der Waals surface area (Å²) in [5, 5.41) is 2.94. The van der Waals surface area contributed by atoms with Gasteiger partial charge in [-0.1, -0.05) is 42.5 Å². The van der Waals surface area contributed by atoms with Gasteiger partial charge in [0.05, 0.1) is 20.2 Å². The number of quaternary nitrogens is 1. The first-order valence-electron chi connectivity index (χ1n) is 9.75. The van der Waals surface area contributed by atoms with Crippen LogP contribution in [0.1, 0.15) is 36.0 Å². The van der Waals surface area contributed by atoms with E-state index in [2.05, 4.69) is 29.6 Å². The zero-order chi connectivity index (χ0) is 18.9. The number of para-hydroxylation sites is 1. The van der Waals surface area contributed by atoms with Crippen LogP contribution in [-0.2, 0) is 17.9 Å². The highest BCUT2D eigenvalue weighted by molar-refractivity contribution is 5.92. The van der Waals surface area contributed by atoms with Crippen molar-refractivity contribution in [3.8, 4) is 5.75 Å². The molecule has 2 aromatic rings. The third kappa shape index (κ3) is 5.97. The highest BCUT2D eigenvalue weighted by Crippen LogP contribution is 2.18. The van der Waals surface area contributed by atoms with Crippen LogP contribution in [0, 0.1) is 0 Å². The summed E-state index contributed by atoms with van der Waals surface area (Å²) in [4.78, 5) is 13.8. The van der Waals surface area contributed by atoms with E-state index in [4.69, 9.17) is 4.74 Å². The molecule has 2 aromatic carbocycles. The van der Waals surface area contributed by atoms with Gasteiger partial charge in [0.1, 0.15) is 12.3 Å². The number of nitrogens with one attached hydrogen (secondary N) is 2. The monoisotopic (exact) mass is 365 g/mol. The molecule has 0 radical (unpaired) electrons. The molecular weight excluding hydrogens is 336 g/mol. The molecule has 0 spiro atoms. The number of carbonyl (C=O) groups is 1. The SMILES string of the molecule is COc1ccccc1/C=C/C(=O)NCc1ccc(C[NH+]2CCCCC2)cc1. The second-order valence-corrected chi connectivity index (χ2v) is 7.10. The minimum Gasteiger partial charge on any atom is -0.496 e. The van der Waals surface area contributed by atoms with Gasteiger partial charge in [0.2, 0.25) is 5.91 Å². The normalized spacial score (nSPS) is 15.0. The van der Waals surface area contributed by atoms with Gasteiger partial charge in [-0.15, -0.1) is 0 Å². The first-order valence-corrected chi connectivity index (χ1v) is 9.75. The van der Waals surface area contributed by atoms with Gasteiger partial charge < -0.3 is 15.0 Å². The smallest absolute Gasteiger partial charge is 0.244 e. The molecule has 4 nitrogen and oxygen atoms in total. The predicted molar refractivity (Wildman–Crippen MR) is 109 cm³/mol. The fraction of sp³-hybridized carbons (Fsp3) is 0.348. The van der Waals surface area contributed by atoms with Gasteiger partial charge in [0.15, 0.2) is 0 Å². The Labute approximate surface area is 161 Å². The average molecular weight is 365 g/mol. The quantitative estimate of drug-likeness (QED) is 0.741. The van der Waals surface area contributed by atoms with Gasteiger partial charge >= 0.3 is 0 Å². The molecule has 0 bridgehead atoms. The number of benzene rings is 2. The van der Waals surface area contributed by atoms with Crippen molar-refractivity contribution in [1.29, 1.82) is 0 Å². The summed E-state index contributed by atoms with van der Waals surface area (Å²) in [7, 11) is 1.63. The van der Waals surface area contributed by atoms with E-state index in [1.54, 1.807) is 24.2 Å². The second-order valence-electron chi connectivity index (χ2n) is 7.10. The van der Waals surface area contributed by atoms with E-state index in [1.165, 1.54) is 37.9 Å². The lowest BCUT2D eigenvalue weighted by atomic mass is 10.1. The van der Waals surface area contributed by atoms with E-state index >= 15 is 0 Å². The Morgan fingerprint density at radius 1 is 1.04 bits per heavy atom. The lowest BCUT2D eigenvalue weighted by Crippen LogP contribution is -3.11. The van der Waals surface area contributed by atoms with Crippen molar-refractivity contribution in [3.05, 3.63) is 71.3 Å².